The van der Waals surface area contributed by atoms with Crippen LogP contribution in [0.15, 0.2) is 0 Å². The molecular formula is C10H22N2O2. The largest absolute Gasteiger partial charge is 0.383 e. The minimum Gasteiger partial charge on any atom is -0.383 e. The van der Waals surface area contributed by atoms with Crippen molar-refractivity contribution in [3.05, 3.63) is 0 Å². The molecule has 4 nitrogen and oxygen atoms in total. The summed E-state index contributed by atoms with van der Waals surface area (Å²) in [6, 6.07) is 0.132. The van der Waals surface area contributed by atoms with Gasteiger partial charge in [-0.3, -0.25) is 9.69 Å². The van der Waals surface area contributed by atoms with Gasteiger partial charge in [-0.25, -0.2) is 0 Å². The molecule has 0 aromatic rings. The Balaban J connectivity index is 4.35. The highest BCUT2D eigenvalue weighted by Crippen LogP contribution is 2.08. The van der Waals surface area contributed by atoms with Crippen LogP contribution in [0.1, 0.15) is 27.2 Å². The van der Waals surface area contributed by atoms with Gasteiger partial charge in [0.05, 0.1) is 12.6 Å². The standard InChI is InChI=1S/C10H22N2O2/c1-5-9(10(11)13)12(8(2)3)6-7-14-4/h8-9H,5-7H2,1-4H3,(H2,11,13). The molecule has 2 N–H and O–H groups in total. The SMILES string of the molecule is CCC(C(N)=O)N(CCOC)C(C)C. The number of hydrogen-bond acceptors (Lipinski definition) is 3. The molecule has 1 atom stereocenters. The molecule has 0 spiro atoms. The fourth-order valence-electron chi connectivity index (χ4n) is 1.57. The highest BCUT2D eigenvalue weighted by molar-refractivity contribution is 5.79. The molecule has 0 fully saturated rings. The zero-order valence-electron chi connectivity index (χ0n) is 9.62. The average Bonchev–Trinajstić information content (AvgIpc) is 2.10. The molecule has 0 heterocycles. The Bertz CT molecular complexity index is 172. The zero-order valence-corrected chi connectivity index (χ0v) is 9.62. The average molecular weight is 202 g/mol. The topological polar surface area (TPSA) is 55.6 Å². The van der Waals surface area contributed by atoms with Gasteiger partial charge < -0.3 is 10.5 Å². The van der Waals surface area contributed by atoms with E-state index in [0.717, 1.165) is 13.0 Å². The van der Waals surface area contributed by atoms with Gasteiger partial charge in [0.15, 0.2) is 0 Å². The van der Waals surface area contributed by atoms with Gasteiger partial charge in [0.25, 0.3) is 0 Å². The molecule has 0 aliphatic carbocycles. The van der Waals surface area contributed by atoms with Crippen LogP contribution in [-0.2, 0) is 9.53 Å². The summed E-state index contributed by atoms with van der Waals surface area (Å²) in [5, 5.41) is 0. The fourth-order valence-corrected chi connectivity index (χ4v) is 1.57. The number of nitrogens with zero attached hydrogens (tertiary/aromatic N) is 1. The molecule has 0 aliphatic rings. The van der Waals surface area contributed by atoms with Crippen molar-refractivity contribution in [3.63, 3.8) is 0 Å². The van der Waals surface area contributed by atoms with E-state index >= 15 is 0 Å². The monoisotopic (exact) mass is 202 g/mol. The number of carbonyl (C=O) groups is 1. The van der Waals surface area contributed by atoms with Crippen LogP contribution in [0.5, 0.6) is 0 Å². The van der Waals surface area contributed by atoms with Crippen molar-refractivity contribution in [2.75, 3.05) is 20.3 Å². The van der Waals surface area contributed by atoms with E-state index in [-0.39, 0.29) is 11.9 Å². The van der Waals surface area contributed by atoms with Gasteiger partial charge >= 0.3 is 0 Å². The van der Waals surface area contributed by atoms with Crippen LogP contribution in [0.4, 0.5) is 0 Å². The van der Waals surface area contributed by atoms with E-state index in [1.165, 1.54) is 0 Å². The predicted octanol–water partition coefficient (Wildman–Crippen LogP) is 0.607. The molecule has 0 aliphatic heterocycles. The summed E-state index contributed by atoms with van der Waals surface area (Å²) in [4.78, 5) is 13.3. The van der Waals surface area contributed by atoms with Crippen LogP contribution in [0.3, 0.4) is 0 Å². The lowest BCUT2D eigenvalue weighted by Crippen LogP contribution is -2.49. The lowest BCUT2D eigenvalue weighted by Gasteiger charge is -2.32. The van der Waals surface area contributed by atoms with Crippen LogP contribution < -0.4 is 5.73 Å². The van der Waals surface area contributed by atoms with Gasteiger partial charge in [-0.15, -0.1) is 0 Å². The molecule has 4 heteroatoms. The van der Waals surface area contributed by atoms with E-state index in [1.54, 1.807) is 7.11 Å². The molecular weight excluding hydrogens is 180 g/mol. The number of primary amides is 1. The zero-order chi connectivity index (χ0) is 11.1. The maximum Gasteiger partial charge on any atom is 0.234 e. The summed E-state index contributed by atoms with van der Waals surface area (Å²) < 4.78 is 5.00. The third kappa shape index (κ3) is 4.07. The van der Waals surface area contributed by atoms with E-state index in [0.29, 0.717) is 12.6 Å². The summed E-state index contributed by atoms with van der Waals surface area (Å²) in [5.41, 5.74) is 5.34. The summed E-state index contributed by atoms with van der Waals surface area (Å²) >= 11 is 0. The predicted molar refractivity (Wildman–Crippen MR) is 57.0 cm³/mol. The lowest BCUT2D eigenvalue weighted by molar-refractivity contribution is -0.124. The maximum atomic E-state index is 11.2. The van der Waals surface area contributed by atoms with Crippen molar-refractivity contribution < 1.29 is 9.53 Å². The fraction of sp³-hybridized carbons (Fsp3) is 0.900. The number of amides is 1. The second-order valence-corrected chi connectivity index (χ2v) is 3.65. The van der Waals surface area contributed by atoms with Gasteiger partial charge in [0.2, 0.25) is 5.91 Å². The molecule has 0 bridgehead atoms. The van der Waals surface area contributed by atoms with Gasteiger partial charge in [-0.2, -0.15) is 0 Å². The first-order valence-electron chi connectivity index (χ1n) is 5.08. The Morgan fingerprint density at radius 1 is 1.50 bits per heavy atom. The van der Waals surface area contributed by atoms with Crippen molar-refractivity contribution in [1.29, 1.82) is 0 Å². The molecule has 84 valence electrons. The van der Waals surface area contributed by atoms with Crippen LogP contribution >= 0.6 is 0 Å². The Morgan fingerprint density at radius 3 is 2.36 bits per heavy atom. The number of ether oxygens (including phenoxy) is 1. The summed E-state index contributed by atoms with van der Waals surface area (Å²) in [7, 11) is 1.66. The lowest BCUT2D eigenvalue weighted by atomic mass is 10.1. The van der Waals surface area contributed by atoms with Gasteiger partial charge in [-0.05, 0) is 20.3 Å². The van der Waals surface area contributed by atoms with E-state index in [1.807, 2.05) is 6.92 Å². The molecule has 0 radical (unpaired) electrons. The van der Waals surface area contributed by atoms with E-state index in [9.17, 15) is 4.79 Å². The van der Waals surface area contributed by atoms with Crippen molar-refractivity contribution in [2.45, 2.75) is 39.3 Å². The van der Waals surface area contributed by atoms with Gasteiger partial charge in [0.1, 0.15) is 0 Å². The van der Waals surface area contributed by atoms with Gasteiger partial charge in [0, 0.05) is 19.7 Å². The van der Waals surface area contributed by atoms with Crippen LogP contribution in [0, 0.1) is 0 Å². The number of carbonyl (C=O) groups excluding carboxylic acids is 1. The van der Waals surface area contributed by atoms with Crippen LogP contribution in [-0.4, -0.2) is 43.2 Å². The van der Waals surface area contributed by atoms with Crippen molar-refractivity contribution in [1.82, 2.24) is 4.90 Å². The minimum absolute atomic E-state index is 0.176. The molecule has 0 aromatic heterocycles. The normalized spacial score (nSPS) is 13.6. The first-order chi connectivity index (χ1) is 6.54. The second-order valence-electron chi connectivity index (χ2n) is 3.65. The van der Waals surface area contributed by atoms with Crippen molar-refractivity contribution in [3.8, 4) is 0 Å². The molecule has 0 aromatic carbocycles. The Labute approximate surface area is 86.4 Å². The Hall–Kier alpha value is -0.610. The van der Waals surface area contributed by atoms with E-state index in [4.69, 9.17) is 10.5 Å². The molecule has 0 saturated heterocycles. The quantitative estimate of drug-likeness (QED) is 0.658. The molecule has 0 saturated carbocycles. The number of hydrogen-bond donors (Lipinski definition) is 1. The summed E-state index contributed by atoms with van der Waals surface area (Å²) in [6.45, 7) is 7.46. The first-order valence-corrected chi connectivity index (χ1v) is 5.08. The number of rotatable bonds is 7. The third-order valence-corrected chi connectivity index (χ3v) is 2.33. The van der Waals surface area contributed by atoms with Gasteiger partial charge in [-0.1, -0.05) is 6.92 Å². The maximum absolute atomic E-state index is 11.2. The molecule has 1 amide bonds. The molecule has 0 rings (SSSR count). The smallest absolute Gasteiger partial charge is 0.234 e. The molecule has 14 heavy (non-hydrogen) atoms. The number of methoxy groups -OCH3 is 1. The van der Waals surface area contributed by atoms with E-state index in [2.05, 4.69) is 18.7 Å². The number of nitrogens with two attached hydrogens (primary N) is 1. The molecule has 1 unspecified atom stereocenters. The minimum atomic E-state index is -0.252. The summed E-state index contributed by atoms with van der Waals surface area (Å²) in [6.07, 6.45) is 0.747. The third-order valence-electron chi connectivity index (χ3n) is 2.33. The Morgan fingerprint density at radius 2 is 2.07 bits per heavy atom. The highest BCUT2D eigenvalue weighted by atomic mass is 16.5. The Kier molecular flexibility index (Phi) is 6.49. The van der Waals surface area contributed by atoms with Crippen molar-refractivity contribution >= 4 is 5.91 Å². The first kappa shape index (κ1) is 13.4. The van der Waals surface area contributed by atoms with Crippen molar-refractivity contribution in [2.24, 2.45) is 5.73 Å². The van der Waals surface area contributed by atoms with Crippen LogP contribution in [0.25, 0.3) is 0 Å². The highest BCUT2D eigenvalue weighted by Gasteiger charge is 2.23. The van der Waals surface area contributed by atoms with E-state index < -0.39 is 0 Å². The van der Waals surface area contributed by atoms with Crippen LogP contribution in [0.2, 0.25) is 0 Å². The second kappa shape index (κ2) is 6.79. The summed E-state index contributed by atoms with van der Waals surface area (Å²) in [5.74, 6) is -0.252.